The quantitative estimate of drug-likeness (QED) is 0.670. The van der Waals surface area contributed by atoms with Gasteiger partial charge in [0.1, 0.15) is 6.04 Å². The van der Waals surface area contributed by atoms with E-state index in [-0.39, 0.29) is 18.4 Å². The molecule has 0 spiro atoms. The Bertz CT molecular complexity index is 507. The maximum Gasteiger partial charge on any atom is 0.312 e. The van der Waals surface area contributed by atoms with E-state index in [2.05, 4.69) is 15.6 Å². The van der Waals surface area contributed by atoms with Crippen LogP contribution in [-0.2, 0) is 11.3 Å². The first-order valence-electron chi connectivity index (χ1n) is 7.39. The second-order valence-corrected chi connectivity index (χ2v) is 4.99. The number of urea groups is 1. The lowest BCUT2D eigenvalue weighted by atomic mass is 9.98. The SMILES string of the molecule is CCOc1ncccc1CNC(=O)C(NC(N)=O)C(C)CC. The molecule has 7 nitrogen and oxygen atoms in total. The van der Waals surface area contributed by atoms with Gasteiger partial charge in [0.05, 0.1) is 6.61 Å². The van der Waals surface area contributed by atoms with Crippen LogP contribution in [0.25, 0.3) is 0 Å². The molecule has 2 unspecified atom stereocenters. The highest BCUT2D eigenvalue weighted by atomic mass is 16.5. The molecule has 0 radical (unpaired) electrons. The minimum Gasteiger partial charge on any atom is -0.478 e. The number of ether oxygens (including phenoxy) is 1. The number of rotatable bonds is 8. The van der Waals surface area contributed by atoms with Gasteiger partial charge in [-0.1, -0.05) is 26.3 Å². The second kappa shape index (κ2) is 8.86. The summed E-state index contributed by atoms with van der Waals surface area (Å²) in [5.74, 6) is 0.195. The highest BCUT2D eigenvalue weighted by Gasteiger charge is 2.25. The van der Waals surface area contributed by atoms with Crippen molar-refractivity contribution in [3.05, 3.63) is 23.9 Å². The van der Waals surface area contributed by atoms with Gasteiger partial charge in [-0.3, -0.25) is 4.79 Å². The zero-order chi connectivity index (χ0) is 16.5. The Kier molecular flexibility index (Phi) is 7.15. The number of hydrogen-bond acceptors (Lipinski definition) is 4. The topological polar surface area (TPSA) is 106 Å². The lowest BCUT2D eigenvalue weighted by molar-refractivity contribution is -0.124. The third-order valence-corrected chi connectivity index (χ3v) is 3.38. The molecule has 1 heterocycles. The van der Waals surface area contributed by atoms with Gasteiger partial charge in [-0.05, 0) is 18.9 Å². The van der Waals surface area contributed by atoms with Crippen molar-refractivity contribution in [2.75, 3.05) is 6.61 Å². The number of nitrogens with two attached hydrogens (primary N) is 1. The Hall–Kier alpha value is -2.31. The molecular weight excluding hydrogens is 284 g/mol. The van der Waals surface area contributed by atoms with Crippen LogP contribution in [0.2, 0.25) is 0 Å². The summed E-state index contributed by atoms with van der Waals surface area (Å²) in [7, 11) is 0. The molecule has 0 saturated carbocycles. The summed E-state index contributed by atoms with van der Waals surface area (Å²) in [6, 6.07) is 2.24. The van der Waals surface area contributed by atoms with Crippen LogP contribution in [0.4, 0.5) is 4.79 Å². The van der Waals surface area contributed by atoms with Gasteiger partial charge in [-0.2, -0.15) is 0 Å². The van der Waals surface area contributed by atoms with E-state index < -0.39 is 12.1 Å². The van der Waals surface area contributed by atoms with E-state index in [1.165, 1.54) is 0 Å². The van der Waals surface area contributed by atoms with Gasteiger partial charge in [0.2, 0.25) is 11.8 Å². The van der Waals surface area contributed by atoms with E-state index in [9.17, 15) is 9.59 Å². The fourth-order valence-corrected chi connectivity index (χ4v) is 1.97. The Morgan fingerprint density at radius 2 is 2.14 bits per heavy atom. The molecule has 122 valence electrons. The molecule has 0 aliphatic heterocycles. The number of primary amides is 1. The summed E-state index contributed by atoms with van der Waals surface area (Å²) in [5, 5.41) is 5.28. The van der Waals surface area contributed by atoms with Crippen LogP contribution in [0.5, 0.6) is 5.88 Å². The fraction of sp³-hybridized carbons (Fsp3) is 0.533. The molecular formula is C15H24N4O3. The molecule has 0 aromatic carbocycles. The molecule has 0 fully saturated rings. The average Bonchev–Trinajstić information content (AvgIpc) is 2.50. The molecule has 4 N–H and O–H groups in total. The predicted molar refractivity (Wildman–Crippen MR) is 83.2 cm³/mol. The van der Waals surface area contributed by atoms with Gasteiger partial charge >= 0.3 is 6.03 Å². The lowest BCUT2D eigenvalue weighted by Gasteiger charge is -2.22. The van der Waals surface area contributed by atoms with Crippen LogP contribution in [0.1, 0.15) is 32.8 Å². The maximum absolute atomic E-state index is 12.3. The van der Waals surface area contributed by atoms with E-state index in [0.717, 1.165) is 12.0 Å². The Morgan fingerprint density at radius 1 is 1.41 bits per heavy atom. The Labute approximate surface area is 130 Å². The summed E-state index contributed by atoms with van der Waals surface area (Å²) in [6.07, 6.45) is 2.38. The number of nitrogens with one attached hydrogen (secondary N) is 2. The van der Waals surface area contributed by atoms with Gasteiger partial charge < -0.3 is 21.1 Å². The van der Waals surface area contributed by atoms with E-state index in [0.29, 0.717) is 12.5 Å². The minimum absolute atomic E-state index is 0.0206. The number of carbonyl (C=O) groups is 2. The molecule has 22 heavy (non-hydrogen) atoms. The first-order valence-corrected chi connectivity index (χ1v) is 7.39. The summed E-state index contributed by atoms with van der Waals surface area (Å²) in [5.41, 5.74) is 5.91. The number of pyridine rings is 1. The van der Waals surface area contributed by atoms with Gasteiger partial charge in [0.15, 0.2) is 0 Å². The van der Waals surface area contributed by atoms with Crippen LogP contribution in [0.3, 0.4) is 0 Å². The van der Waals surface area contributed by atoms with Crippen molar-refractivity contribution in [1.82, 2.24) is 15.6 Å². The Balaban J connectivity index is 2.72. The van der Waals surface area contributed by atoms with Crippen molar-refractivity contribution in [2.24, 2.45) is 11.7 Å². The molecule has 0 aliphatic rings. The van der Waals surface area contributed by atoms with Crippen molar-refractivity contribution in [3.63, 3.8) is 0 Å². The van der Waals surface area contributed by atoms with Gasteiger partial charge in [-0.15, -0.1) is 0 Å². The van der Waals surface area contributed by atoms with E-state index in [4.69, 9.17) is 10.5 Å². The van der Waals surface area contributed by atoms with Crippen molar-refractivity contribution in [3.8, 4) is 5.88 Å². The second-order valence-electron chi connectivity index (χ2n) is 4.99. The third-order valence-electron chi connectivity index (χ3n) is 3.38. The standard InChI is InChI=1S/C15H24N4O3/c1-4-10(3)12(19-15(16)21)13(20)18-9-11-7-6-8-17-14(11)22-5-2/h6-8,10,12H,4-5,9H2,1-3H3,(H,18,20)(H3,16,19,21). The predicted octanol–water partition coefficient (Wildman–Crippen LogP) is 1.18. The van der Waals surface area contributed by atoms with Crippen LogP contribution < -0.4 is 21.1 Å². The van der Waals surface area contributed by atoms with E-state index >= 15 is 0 Å². The van der Waals surface area contributed by atoms with Crippen molar-refractivity contribution in [2.45, 2.75) is 39.8 Å². The van der Waals surface area contributed by atoms with Crippen molar-refractivity contribution >= 4 is 11.9 Å². The van der Waals surface area contributed by atoms with Crippen LogP contribution >= 0.6 is 0 Å². The molecule has 2 atom stereocenters. The first-order chi connectivity index (χ1) is 10.5. The summed E-state index contributed by atoms with van der Waals surface area (Å²) in [6.45, 7) is 6.47. The van der Waals surface area contributed by atoms with Gasteiger partial charge in [0, 0.05) is 18.3 Å². The molecule has 1 rings (SSSR count). The molecule has 0 bridgehead atoms. The Morgan fingerprint density at radius 3 is 2.73 bits per heavy atom. The van der Waals surface area contributed by atoms with Crippen LogP contribution in [0, 0.1) is 5.92 Å². The van der Waals surface area contributed by atoms with E-state index in [1.807, 2.05) is 26.8 Å². The van der Waals surface area contributed by atoms with Gasteiger partial charge in [-0.25, -0.2) is 9.78 Å². The summed E-state index contributed by atoms with van der Waals surface area (Å²) < 4.78 is 5.41. The molecule has 0 aliphatic carbocycles. The largest absolute Gasteiger partial charge is 0.478 e. The lowest BCUT2D eigenvalue weighted by Crippen LogP contribution is -2.51. The number of aromatic nitrogens is 1. The first kappa shape index (κ1) is 17.7. The van der Waals surface area contributed by atoms with Crippen LogP contribution in [-0.4, -0.2) is 29.6 Å². The smallest absolute Gasteiger partial charge is 0.312 e. The fourth-order valence-electron chi connectivity index (χ4n) is 1.97. The molecule has 1 aromatic rings. The molecule has 0 saturated heterocycles. The highest BCUT2D eigenvalue weighted by molar-refractivity contribution is 5.86. The number of hydrogen-bond donors (Lipinski definition) is 3. The number of amides is 3. The van der Waals surface area contributed by atoms with Gasteiger partial charge in [0.25, 0.3) is 0 Å². The van der Waals surface area contributed by atoms with Crippen LogP contribution in [0.15, 0.2) is 18.3 Å². The zero-order valence-electron chi connectivity index (χ0n) is 13.3. The zero-order valence-corrected chi connectivity index (χ0v) is 13.3. The van der Waals surface area contributed by atoms with E-state index in [1.54, 1.807) is 12.3 Å². The summed E-state index contributed by atoms with van der Waals surface area (Å²) in [4.78, 5) is 27.5. The molecule has 1 aromatic heterocycles. The average molecular weight is 308 g/mol. The van der Waals surface area contributed by atoms with Crippen molar-refractivity contribution < 1.29 is 14.3 Å². The number of carbonyl (C=O) groups excluding carboxylic acids is 2. The van der Waals surface area contributed by atoms with Crippen molar-refractivity contribution in [1.29, 1.82) is 0 Å². The monoisotopic (exact) mass is 308 g/mol. The third kappa shape index (κ3) is 5.23. The molecule has 3 amide bonds. The number of nitrogens with zero attached hydrogens (tertiary/aromatic N) is 1. The molecule has 7 heteroatoms. The normalized spacial score (nSPS) is 13.0. The minimum atomic E-state index is -0.711. The highest BCUT2D eigenvalue weighted by Crippen LogP contribution is 2.14. The summed E-state index contributed by atoms with van der Waals surface area (Å²) >= 11 is 0. The maximum atomic E-state index is 12.3.